The molecule has 4 rings (SSSR count). The second-order valence-corrected chi connectivity index (χ2v) is 6.81. The van der Waals surface area contributed by atoms with Gasteiger partial charge in [0.05, 0.1) is 17.0 Å². The average molecular weight is 364 g/mol. The summed E-state index contributed by atoms with van der Waals surface area (Å²) in [6.45, 7) is 5.20. The molecule has 0 saturated carbocycles. The van der Waals surface area contributed by atoms with E-state index in [0.29, 0.717) is 18.2 Å². The zero-order valence-electron chi connectivity index (χ0n) is 15.3. The molecule has 1 aliphatic rings. The average Bonchev–Trinajstić information content (AvgIpc) is 3.28. The molecule has 1 amide bonds. The van der Waals surface area contributed by atoms with Crippen molar-refractivity contribution in [3.63, 3.8) is 0 Å². The van der Waals surface area contributed by atoms with Crippen molar-refractivity contribution in [2.45, 2.75) is 26.7 Å². The Morgan fingerprint density at radius 2 is 2.22 bits per heavy atom. The number of hydrogen-bond acceptors (Lipinski definition) is 7. The molecule has 8 heteroatoms. The second-order valence-electron chi connectivity index (χ2n) is 6.81. The third-order valence-corrected chi connectivity index (χ3v) is 4.88. The standard InChI is InChI=1S/C19H20N6O2/c1-12-18(13(2)27-24-12)17-9-15(20-11-21-17)8-14-5-7-25(10-14)19(26)16-4-3-6-22-23-16/h3-4,6,9,11,14H,5,7-8,10H2,1-2H3/t14-/m0/s1. The highest BCUT2D eigenvalue weighted by molar-refractivity contribution is 5.92. The molecule has 0 aromatic carbocycles. The van der Waals surface area contributed by atoms with Crippen LogP contribution >= 0.6 is 0 Å². The van der Waals surface area contributed by atoms with Gasteiger partial charge in [-0.05, 0) is 50.8 Å². The van der Waals surface area contributed by atoms with Crippen LogP contribution in [0.15, 0.2) is 35.2 Å². The van der Waals surface area contributed by atoms with Crippen LogP contribution in [0.4, 0.5) is 0 Å². The van der Waals surface area contributed by atoms with Crippen molar-refractivity contribution in [3.8, 4) is 11.3 Å². The molecule has 1 aliphatic heterocycles. The molecule has 0 radical (unpaired) electrons. The van der Waals surface area contributed by atoms with Crippen LogP contribution in [0.3, 0.4) is 0 Å². The SMILES string of the molecule is Cc1noc(C)c1-c1cc(C[C@@H]2CCN(C(=O)c3cccnn3)C2)ncn1. The van der Waals surface area contributed by atoms with Gasteiger partial charge in [-0.25, -0.2) is 9.97 Å². The van der Waals surface area contributed by atoms with Crippen LogP contribution in [0.2, 0.25) is 0 Å². The molecule has 27 heavy (non-hydrogen) atoms. The molecule has 0 spiro atoms. The molecule has 8 nitrogen and oxygen atoms in total. The summed E-state index contributed by atoms with van der Waals surface area (Å²) in [6.07, 6.45) is 4.88. The van der Waals surface area contributed by atoms with E-state index >= 15 is 0 Å². The minimum atomic E-state index is -0.0651. The molecular formula is C19H20N6O2. The number of amides is 1. The number of rotatable bonds is 4. The largest absolute Gasteiger partial charge is 0.361 e. The van der Waals surface area contributed by atoms with Gasteiger partial charge in [-0.2, -0.15) is 5.10 Å². The molecule has 0 N–H and O–H groups in total. The van der Waals surface area contributed by atoms with Crippen LogP contribution in [-0.4, -0.2) is 49.2 Å². The monoisotopic (exact) mass is 364 g/mol. The maximum Gasteiger partial charge on any atom is 0.274 e. The Kier molecular flexibility index (Phi) is 4.62. The van der Waals surface area contributed by atoms with Crippen molar-refractivity contribution in [1.29, 1.82) is 0 Å². The number of nitrogens with zero attached hydrogens (tertiary/aromatic N) is 6. The summed E-state index contributed by atoms with van der Waals surface area (Å²) in [5.74, 6) is 1.04. The predicted molar refractivity (Wildman–Crippen MR) is 96.7 cm³/mol. The van der Waals surface area contributed by atoms with Gasteiger partial charge in [0.2, 0.25) is 0 Å². The van der Waals surface area contributed by atoms with Crippen molar-refractivity contribution in [2.75, 3.05) is 13.1 Å². The zero-order valence-corrected chi connectivity index (χ0v) is 15.3. The van der Waals surface area contributed by atoms with E-state index in [1.165, 1.54) is 0 Å². The normalized spacial score (nSPS) is 16.7. The highest BCUT2D eigenvalue weighted by Gasteiger charge is 2.28. The molecule has 4 heterocycles. The van der Waals surface area contributed by atoms with Crippen molar-refractivity contribution >= 4 is 5.91 Å². The Hall–Kier alpha value is -3.16. The number of carbonyl (C=O) groups is 1. The fraction of sp³-hybridized carbons (Fsp3) is 0.368. The number of carbonyl (C=O) groups excluding carboxylic acids is 1. The number of aryl methyl sites for hydroxylation is 2. The van der Waals surface area contributed by atoms with Crippen molar-refractivity contribution in [1.82, 2.24) is 30.2 Å². The molecular weight excluding hydrogens is 344 g/mol. The van der Waals surface area contributed by atoms with E-state index in [1.807, 2.05) is 24.8 Å². The van der Waals surface area contributed by atoms with Gasteiger partial charge in [-0.15, -0.1) is 5.10 Å². The van der Waals surface area contributed by atoms with Gasteiger partial charge in [0.15, 0.2) is 5.69 Å². The van der Waals surface area contributed by atoms with Crippen LogP contribution in [0, 0.1) is 19.8 Å². The molecule has 0 unspecified atom stereocenters. The molecule has 1 fully saturated rings. The van der Waals surface area contributed by atoms with Gasteiger partial charge < -0.3 is 9.42 Å². The first-order valence-corrected chi connectivity index (χ1v) is 8.93. The topological polar surface area (TPSA) is 97.9 Å². The Morgan fingerprint density at radius 3 is 2.96 bits per heavy atom. The van der Waals surface area contributed by atoms with Crippen molar-refractivity contribution in [3.05, 3.63) is 53.6 Å². The lowest BCUT2D eigenvalue weighted by molar-refractivity contribution is 0.0780. The number of likely N-dealkylation sites (tertiary alicyclic amines) is 1. The van der Waals surface area contributed by atoms with Crippen LogP contribution in [-0.2, 0) is 6.42 Å². The summed E-state index contributed by atoms with van der Waals surface area (Å²) in [5.41, 5.74) is 3.91. The fourth-order valence-electron chi connectivity index (χ4n) is 3.55. The first-order valence-electron chi connectivity index (χ1n) is 8.93. The quantitative estimate of drug-likeness (QED) is 0.700. The Bertz CT molecular complexity index is 936. The lowest BCUT2D eigenvalue weighted by Gasteiger charge is -2.15. The van der Waals surface area contributed by atoms with Crippen LogP contribution in [0.1, 0.15) is 34.1 Å². The van der Waals surface area contributed by atoms with Gasteiger partial charge in [-0.3, -0.25) is 4.79 Å². The molecule has 0 aliphatic carbocycles. The Labute approximate surface area is 156 Å². The molecule has 138 valence electrons. The summed E-state index contributed by atoms with van der Waals surface area (Å²) >= 11 is 0. The van der Waals surface area contributed by atoms with Crippen molar-refractivity contribution in [2.24, 2.45) is 5.92 Å². The molecule has 0 bridgehead atoms. The van der Waals surface area contributed by atoms with Crippen molar-refractivity contribution < 1.29 is 9.32 Å². The molecule has 3 aromatic heterocycles. The highest BCUT2D eigenvalue weighted by atomic mass is 16.5. The summed E-state index contributed by atoms with van der Waals surface area (Å²) in [5, 5.41) is 11.7. The minimum absolute atomic E-state index is 0.0651. The lowest BCUT2D eigenvalue weighted by Crippen LogP contribution is -2.29. The Morgan fingerprint density at radius 1 is 1.33 bits per heavy atom. The predicted octanol–water partition coefficient (Wildman–Crippen LogP) is 2.24. The first kappa shape index (κ1) is 17.3. The van der Waals surface area contributed by atoms with Gasteiger partial charge in [0.25, 0.3) is 5.91 Å². The van der Waals surface area contributed by atoms with E-state index in [2.05, 4.69) is 25.3 Å². The minimum Gasteiger partial charge on any atom is -0.361 e. The first-order chi connectivity index (χ1) is 13.1. The van der Waals surface area contributed by atoms with E-state index in [0.717, 1.165) is 47.8 Å². The smallest absolute Gasteiger partial charge is 0.274 e. The maximum atomic E-state index is 12.5. The Balaban J connectivity index is 1.45. The summed E-state index contributed by atoms with van der Waals surface area (Å²) in [7, 11) is 0. The van der Waals surface area contributed by atoms with E-state index in [1.54, 1.807) is 24.7 Å². The maximum absolute atomic E-state index is 12.5. The third kappa shape index (κ3) is 3.55. The van der Waals surface area contributed by atoms with E-state index in [-0.39, 0.29) is 5.91 Å². The van der Waals surface area contributed by atoms with E-state index in [4.69, 9.17) is 4.52 Å². The fourth-order valence-corrected chi connectivity index (χ4v) is 3.55. The highest BCUT2D eigenvalue weighted by Crippen LogP contribution is 2.27. The summed E-state index contributed by atoms with van der Waals surface area (Å²) in [6, 6.07) is 5.41. The zero-order chi connectivity index (χ0) is 18.8. The summed E-state index contributed by atoms with van der Waals surface area (Å²) in [4.78, 5) is 23.1. The van der Waals surface area contributed by atoms with Crippen LogP contribution < -0.4 is 0 Å². The summed E-state index contributed by atoms with van der Waals surface area (Å²) < 4.78 is 5.24. The van der Waals surface area contributed by atoms with E-state index in [9.17, 15) is 4.79 Å². The third-order valence-electron chi connectivity index (χ3n) is 4.88. The van der Waals surface area contributed by atoms with Crippen LogP contribution in [0.5, 0.6) is 0 Å². The van der Waals surface area contributed by atoms with Gasteiger partial charge in [0.1, 0.15) is 12.1 Å². The van der Waals surface area contributed by atoms with Gasteiger partial charge in [0, 0.05) is 25.0 Å². The molecule has 1 atom stereocenters. The number of hydrogen-bond donors (Lipinski definition) is 0. The molecule has 1 saturated heterocycles. The van der Waals surface area contributed by atoms with Gasteiger partial charge in [-0.1, -0.05) is 5.16 Å². The van der Waals surface area contributed by atoms with Crippen LogP contribution in [0.25, 0.3) is 11.3 Å². The van der Waals surface area contributed by atoms with Gasteiger partial charge >= 0.3 is 0 Å². The molecule has 3 aromatic rings. The van der Waals surface area contributed by atoms with E-state index < -0.39 is 0 Å². The lowest BCUT2D eigenvalue weighted by atomic mass is 10.0. The second kappa shape index (κ2) is 7.22. The number of aromatic nitrogens is 5.